The Morgan fingerprint density at radius 1 is 1.04 bits per heavy atom. The van der Waals surface area contributed by atoms with E-state index in [4.69, 9.17) is 15.5 Å². The highest BCUT2D eigenvalue weighted by Gasteiger charge is 2.39. The van der Waals surface area contributed by atoms with Crippen LogP contribution in [0.5, 0.6) is 0 Å². The van der Waals surface area contributed by atoms with E-state index in [1.54, 1.807) is 0 Å². The zero-order valence-corrected chi connectivity index (χ0v) is 14.6. The van der Waals surface area contributed by atoms with Crippen LogP contribution in [-0.4, -0.2) is 73.4 Å². The minimum Gasteiger partial charge on any atom is -0.383 e. The van der Waals surface area contributed by atoms with Gasteiger partial charge in [0.25, 0.3) is 0 Å². The van der Waals surface area contributed by atoms with E-state index < -0.39 is 0 Å². The van der Waals surface area contributed by atoms with Crippen LogP contribution in [0.3, 0.4) is 0 Å². The van der Waals surface area contributed by atoms with Crippen LogP contribution in [0, 0.1) is 0 Å². The molecule has 3 saturated heterocycles. The summed E-state index contributed by atoms with van der Waals surface area (Å²) in [6, 6.07) is 1.91. The summed E-state index contributed by atoms with van der Waals surface area (Å²) in [5.74, 6) is 2.32. The van der Waals surface area contributed by atoms with E-state index in [1.807, 2.05) is 6.07 Å². The SMILES string of the molecule is CN1CCOC2(CCN(c3cc(N)nc(N4CCCC4)n3)CC2)C1. The lowest BCUT2D eigenvalue weighted by Gasteiger charge is -2.46. The number of nitrogens with zero attached hydrogens (tertiary/aromatic N) is 5. The number of nitrogens with two attached hydrogens (primary N) is 1. The second kappa shape index (κ2) is 6.37. The molecule has 0 amide bonds. The van der Waals surface area contributed by atoms with Crippen LogP contribution in [0.1, 0.15) is 25.7 Å². The third kappa shape index (κ3) is 3.15. The summed E-state index contributed by atoms with van der Waals surface area (Å²) in [4.78, 5) is 16.2. The van der Waals surface area contributed by atoms with Crippen molar-refractivity contribution in [1.82, 2.24) is 14.9 Å². The second-order valence-corrected chi connectivity index (χ2v) is 7.40. The summed E-state index contributed by atoms with van der Waals surface area (Å²) < 4.78 is 6.16. The van der Waals surface area contributed by atoms with Gasteiger partial charge in [-0.05, 0) is 32.7 Å². The first kappa shape index (κ1) is 15.9. The van der Waals surface area contributed by atoms with Crippen LogP contribution in [0.15, 0.2) is 6.07 Å². The lowest BCUT2D eigenvalue weighted by Crippen LogP contribution is -2.56. The number of aromatic nitrogens is 2. The van der Waals surface area contributed by atoms with Crippen LogP contribution < -0.4 is 15.5 Å². The monoisotopic (exact) mass is 332 g/mol. The lowest BCUT2D eigenvalue weighted by atomic mass is 9.89. The molecule has 0 unspecified atom stereocenters. The Hall–Kier alpha value is -1.60. The smallest absolute Gasteiger partial charge is 0.229 e. The number of nitrogen functional groups attached to an aromatic ring is 1. The predicted octanol–water partition coefficient (Wildman–Crippen LogP) is 0.960. The highest BCUT2D eigenvalue weighted by molar-refractivity contribution is 5.53. The largest absolute Gasteiger partial charge is 0.383 e. The van der Waals surface area contributed by atoms with E-state index in [2.05, 4.69) is 26.7 Å². The molecular weight excluding hydrogens is 304 g/mol. The maximum atomic E-state index is 6.16. The van der Waals surface area contributed by atoms with Gasteiger partial charge in [-0.2, -0.15) is 9.97 Å². The molecule has 1 aromatic rings. The van der Waals surface area contributed by atoms with Gasteiger partial charge in [-0.1, -0.05) is 0 Å². The standard InChI is InChI=1S/C17H28N6O/c1-21-10-11-24-17(13-21)4-8-22(9-5-17)15-12-14(18)19-16(20-15)23-6-2-3-7-23/h12H,2-11,13H2,1H3,(H2,18,19,20). The summed E-state index contributed by atoms with van der Waals surface area (Å²) in [6.07, 6.45) is 4.51. The molecule has 7 heteroatoms. The highest BCUT2D eigenvalue weighted by Crippen LogP contribution is 2.32. The normalized spacial score (nSPS) is 24.7. The topological polar surface area (TPSA) is 70.8 Å². The molecule has 0 radical (unpaired) electrons. The van der Waals surface area contributed by atoms with Crippen LogP contribution in [0.2, 0.25) is 0 Å². The number of likely N-dealkylation sites (N-methyl/N-ethyl adjacent to an activating group) is 1. The van der Waals surface area contributed by atoms with Gasteiger partial charge < -0.3 is 25.2 Å². The molecule has 3 aliphatic heterocycles. The molecular formula is C17H28N6O. The molecule has 0 aromatic carbocycles. The van der Waals surface area contributed by atoms with Crippen molar-refractivity contribution in [2.75, 3.05) is 68.5 Å². The Morgan fingerprint density at radius 3 is 2.50 bits per heavy atom. The summed E-state index contributed by atoms with van der Waals surface area (Å²) in [5, 5.41) is 0. The molecule has 4 rings (SSSR count). The maximum absolute atomic E-state index is 6.16. The van der Waals surface area contributed by atoms with Gasteiger partial charge in [0.2, 0.25) is 5.95 Å². The van der Waals surface area contributed by atoms with Crippen molar-refractivity contribution in [2.24, 2.45) is 0 Å². The molecule has 1 aromatic heterocycles. The fourth-order valence-corrected chi connectivity index (χ4v) is 4.14. The van der Waals surface area contributed by atoms with Gasteiger partial charge in [0, 0.05) is 45.3 Å². The Morgan fingerprint density at radius 2 is 1.79 bits per heavy atom. The lowest BCUT2D eigenvalue weighted by molar-refractivity contribution is -0.115. The number of piperidine rings is 1. The Kier molecular flexibility index (Phi) is 4.22. The number of hydrogen-bond donors (Lipinski definition) is 1. The Bertz CT molecular complexity index is 580. The van der Waals surface area contributed by atoms with Crippen molar-refractivity contribution in [2.45, 2.75) is 31.3 Å². The molecule has 1 spiro atoms. The fourth-order valence-electron chi connectivity index (χ4n) is 4.14. The fraction of sp³-hybridized carbons (Fsp3) is 0.765. The van der Waals surface area contributed by atoms with Gasteiger partial charge in [-0.25, -0.2) is 0 Å². The minimum atomic E-state index is 0.0276. The highest BCUT2D eigenvalue weighted by atomic mass is 16.5. The van der Waals surface area contributed by atoms with Crippen molar-refractivity contribution in [3.63, 3.8) is 0 Å². The number of rotatable bonds is 2. The molecule has 0 atom stereocenters. The maximum Gasteiger partial charge on any atom is 0.229 e. The van der Waals surface area contributed by atoms with Crippen molar-refractivity contribution in [3.05, 3.63) is 6.07 Å². The molecule has 0 saturated carbocycles. The van der Waals surface area contributed by atoms with Gasteiger partial charge in [0.1, 0.15) is 11.6 Å². The van der Waals surface area contributed by atoms with E-state index in [1.165, 1.54) is 12.8 Å². The molecule has 4 heterocycles. The molecule has 7 nitrogen and oxygen atoms in total. The van der Waals surface area contributed by atoms with Gasteiger partial charge >= 0.3 is 0 Å². The Labute approximate surface area is 143 Å². The summed E-state index contributed by atoms with van der Waals surface area (Å²) in [7, 11) is 2.18. The van der Waals surface area contributed by atoms with E-state index in [0.29, 0.717) is 5.82 Å². The van der Waals surface area contributed by atoms with Crippen LogP contribution in [-0.2, 0) is 4.74 Å². The Balaban J connectivity index is 1.47. The molecule has 2 N–H and O–H groups in total. The third-order valence-corrected chi connectivity index (χ3v) is 5.55. The first-order valence-electron chi connectivity index (χ1n) is 9.11. The van der Waals surface area contributed by atoms with Crippen molar-refractivity contribution in [1.29, 1.82) is 0 Å². The summed E-state index contributed by atoms with van der Waals surface area (Å²) in [6.45, 7) is 6.90. The molecule has 3 fully saturated rings. The van der Waals surface area contributed by atoms with E-state index in [9.17, 15) is 0 Å². The second-order valence-electron chi connectivity index (χ2n) is 7.40. The van der Waals surface area contributed by atoms with E-state index in [-0.39, 0.29) is 5.60 Å². The average Bonchev–Trinajstić information content (AvgIpc) is 3.09. The number of ether oxygens (including phenoxy) is 1. The summed E-state index contributed by atoms with van der Waals surface area (Å²) >= 11 is 0. The average molecular weight is 332 g/mol. The first-order chi connectivity index (χ1) is 11.6. The predicted molar refractivity (Wildman–Crippen MR) is 95.5 cm³/mol. The number of anilines is 3. The van der Waals surface area contributed by atoms with Crippen LogP contribution >= 0.6 is 0 Å². The van der Waals surface area contributed by atoms with Gasteiger partial charge in [0.15, 0.2) is 0 Å². The zero-order chi connectivity index (χ0) is 16.6. The van der Waals surface area contributed by atoms with E-state index >= 15 is 0 Å². The van der Waals surface area contributed by atoms with Gasteiger partial charge in [-0.15, -0.1) is 0 Å². The van der Waals surface area contributed by atoms with Gasteiger partial charge in [-0.3, -0.25) is 0 Å². The van der Waals surface area contributed by atoms with Crippen molar-refractivity contribution in [3.8, 4) is 0 Å². The molecule has 3 aliphatic rings. The molecule has 0 aliphatic carbocycles. The van der Waals surface area contributed by atoms with Crippen LogP contribution in [0.25, 0.3) is 0 Å². The van der Waals surface area contributed by atoms with Crippen molar-refractivity contribution >= 4 is 17.6 Å². The minimum absolute atomic E-state index is 0.0276. The molecule has 0 bridgehead atoms. The molecule has 24 heavy (non-hydrogen) atoms. The molecule has 132 valence electrons. The van der Waals surface area contributed by atoms with Crippen LogP contribution in [0.4, 0.5) is 17.6 Å². The van der Waals surface area contributed by atoms with Crippen molar-refractivity contribution < 1.29 is 4.74 Å². The number of hydrogen-bond acceptors (Lipinski definition) is 7. The third-order valence-electron chi connectivity index (χ3n) is 5.55. The van der Waals surface area contributed by atoms with E-state index in [0.717, 1.165) is 70.5 Å². The zero-order valence-electron chi connectivity index (χ0n) is 14.6. The number of morpholine rings is 1. The summed E-state index contributed by atoms with van der Waals surface area (Å²) in [5.41, 5.74) is 6.08. The first-order valence-corrected chi connectivity index (χ1v) is 9.11. The van der Waals surface area contributed by atoms with Gasteiger partial charge in [0.05, 0.1) is 12.2 Å². The quantitative estimate of drug-likeness (QED) is 0.865.